The Morgan fingerprint density at radius 3 is 2.38 bits per heavy atom. The zero-order chi connectivity index (χ0) is 24.5. The molecule has 0 spiro atoms. The number of anilines is 2. The molecule has 0 aliphatic carbocycles. The van der Waals surface area contributed by atoms with Crippen molar-refractivity contribution in [1.29, 1.82) is 0 Å². The lowest BCUT2D eigenvalue weighted by molar-refractivity contribution is -0.125. The number of carbonyl (C=O) groups excluding carboxylic acids is 2. The fourth-order valence-electron chi connectivity index (χ4n) is 3.14. The van der Waals surface area contributed by atoms with Gasteiger partial charge in [-0.25, -0.2) is 4.79 Å². The van der Waals surface area contributed by atoms with Gasteiger partial charge in [-0.2, -0.15) is 0 Å². The second-order valence-corrected chi connectivity index (χ2v) is 8.64. The molecule has 0 aromatic carbocycles. The number of nitrogen functional groups attached to an aromatic ring is 1. The van der Waals surface area contributed by atoms with Crippen molar-refractivity contribution in [2.24, 2.45) is 0 Å². The number of nitrogens with one attached hydrogen (secondary N) is 2. The van der Waals surface area contributed by atoms with Crippen molar-refractivity contribution in [3.05, 3.63) is 20.8 Å². The predicted octanol–water partition coefficient (Wildman–Crippen LogP) is 0.135. The van der Waals surface area contributed by atoms with Crippen LogP contribution in [0, 0.1) is 0 Å². The number of H-pyrrole nitrogens is 1. The number of carbonyl (C=O) groups is 2. The van der Waals surface area contributed by atoms with Gasteiger partial charge in [0.1, 0.15) is 5.82 Å². The van der Waals surface area contributed by atoms with Crippen LogP contribution in [-0.2, 0) is 20.9 Å². The molecule has 0 aliphatic heterocycles. The summed E-state index contributed by atoms with van der Waals surface area (Å²) in [6, 6.07) is 0. The third-order valence-electron chi connectivity index (χ3n) is 4.73. The molecule has 0 saturated carbocycles. The van der Waals surface area contributed by atoms with Crippen LogP contribution in [0.1, 0.15) is 47.5 Å². The quantitative estimate of drug-likeness (QED) is 0.407. The van der Waals surface area contributed by atoms with Crippen molar-refractivity contribution in [3.8, 4) is 0 Å². The first-order valence-corrected chi connectivity index (χ1v) is 10.9. The van der Waals surface area contributed by atoms with Gasteiger partial charge >= 0.3 is 5.69 Å². The first kappa shape index (κ1) is 27.4. The van der Waals surface area contributed by atoms with E-state index in [4.69, 9.17) is 10.5 Å². The Kier molecular flexibility index (Phi) is 10.6. The van der Waals surface area contributed by atoms with Crippen LogP contribution in [0.5, 0.6) is 0 Å². The third kappa shape index (κ3) is 8.12. The summed E-state index contributed by atoms with van der Waals surface area (Å²) in [5, 5.41) is 2.87. The lowest BCUT2D eigenvalue weighted by atomic mass is 10.1. The second-order valence-electron chi connectivity index (χ2n) is 8.64. The molecule has 0 saturated heterocycles. The van der Waals surface area contributed by atoms with Gasteiger partial charge in [-0.3, -0.25) is 28.8 Å². The fourth-order valence-corrected chi connectivity index (χ4v) is 3.14. The van der Waals surface area contributed by atoms with E-state index in [1.807, 2.05) is 34.6 Å². The molecule has 1 aromatic rings. The Labute approximate surface area is 188 Å². The summed E-state index contributed by atoms with van der Waals surface area (Å²) < 4.78 is 6.37. The number of rotatable bonds is 12. The monoisotopic (exact) mass is 454 g/mol. The molecule has 0 aliphatic rings. The van der Waals surface area contributed by atoms with Crippen LogP contribution in [0.4, 0.5) is 11.5 Å². The summed E-state index contributed by atoms with van der Waals surface area (Å²) in [4.78, 5) is 55.5. The van der Waals surface area contributed by atoms with Gasteiger partial charge in [0.25, 0.3) is 5.56 Å². The van der Waals surface area contributed by atoms with Gasteiger partial charge in [0, 0.05) is 25.7 Å². The van der Waals surface area contributed by atoms with Crippen molar-refractivity contribution >= 4 is 23.3 Å². The van der Waals surface area contributed by atoms with E-state index in [9.17, 15) is 19.2 Å². The van der Waals surface area contributed by atoms with Crippen molar-refractivity contribution < 1.29 is 14.3 Å². The zero-order valence-electron chi connectivity index (χ0n) is 20.1. The molecule has 1 aromatic heterocycles. The van der Waals surface area contributed by atoms with E-state index in [1.54, 1.807) is 4.90 Å². The van der Waals surface area contributed by atoms with Crippen LogP contribution < -0.4 is 27.2 Å². The summed E-state index contributed by atoms with van der Waals surface area (Å²) >= 11 is 0. The van der Waals surface area contributed by atoms with Gasteiger partial charge in [0.15, 0.2) is 5.69 Å². The number of likely N-dealkylation sites (N-methyl/N-ethyl adjacent to an activating group) is 1. The SMILES string of the molecule is CCCCn1c(N)c(N(CCOC)C(=O)CN(CC)CC(=O)NC(C)(C)C)c(=O)[nH]c1=O. The molecule has 2 amide bonds. The predicted molar refractivity (Wildman–Crippen MR) is 125 cm³/mol. The van der Waals surface area contributed by atoms with Crippen LogP contribution >= 0.6 is 0 Å². The van der Waals surface area contributed by atoms with E-state index in [2.05, 4.69) is 10.3 Å². The van der Waals surface area contributed by atoms with Gasteiger partial charge in [-0.05, 0) is 33.7 Å². The van der Waals surface area contributed by atoms with E-state index < -0.39 is 17.2 Å². The lowest BCUT2D eigenvalue weighted by Crippen LogP contribution is -2.50. The number of unbranched alkanes of at least 4 members (excludes halogenated alkanes) is 1. The van der Waals surface area contributed by atoms with E-state index in [1.165, 1.54) is 16.6 Å². The maximum absolute atomic E-state index is 13.2. The topological polar surface area (TPSA) is 143 Å². The van der Waals surface area contributed by atoms with Crippen molar-refractivity contribution in [3.63, 3.8) is 0 Å². The first-order chi connectivity index (χ1) is 14.9. The minimum atomic E-state index is -0.738. The van der Waals surface area contributed by atoms with Gasteiger partial charge in [0.2, 0.25) is 11.8 Å². The molecule has 11 nitrogen and oxygen atoms in total. The summed E-state index contributed by atoms with van der Waals surface area (Å²) in [5.74, 6) is -0.698. The average molecular weight is 455 g/mol. The maximum atomic E-state index is 13.2. The number of aromatic nitrogens is 2. The van der Waals surface area contributed by atoms with Crippen LogP contribution in [0.2, 0.25) is 0 Å². The Hall–Kier alpha value is -2.66. The number of methoxy groups -OCH3 is 1. The number of hydrogen-bond acceptors (Lipinski definition) is 7. The second kappa shape index (κ2) is 12.4. The van der Waals surface area contributed by atoms with E-state index in [-0.39, 0.29) is 49.2 Å². The van der Waals surface area contributed by atoms with E-state index in [0.717, 1.165) is 6.42 Å². The zero-order valence-corrected chi connectivity index (χ0v) is 20.1. The third-order valence-corrected chi connectivity index (χ3v) is 4.73. The minimum absolute atomic E-state index is 0.0272. The van der Waals surface area contributed by atoms with Gasteiger partial charge in [-0.1, -0.05) is 20.3 Å². The first-order valence-electron chi connectivity index (χ1n) is 10.9. The van der Waals surface area contributed by atoms with Crippen LogP contribution in [0.3, 0.4) is 0 Å². The van der Waals surface area contributed by atoms with Gasteiger partial charge in [-0.15, -0.1) is 0 Å². The summed E-state index contributed by atoms with van der Waals surface area (Å²) in [6.07, 6.45) is 1.52. The van der Waals surface area contributed by atoms with Crippen LogP contribution in [0.25, 0.3) is 0 Å². The van der Waals surface area contributed by atoms with Crippen LogP contribution in [0.15, 0.2) is 9.59 Å². The molecule has 1 heterocycles. The smallest absolute Gasteiger partial charge is 0.330 e. The summed E-state index contributed by atoms with van der Waals surface area (Å²) in [5.41, 5.74) is 4.35. The number of aromatic amines is 1. The minimum Gasteiger partial charge on any atom is -0.383 e. The highest BCUT2D eigenvalue weighted by molar-refractivity contribution is 5.97. The Balaban J connectivity index is 3.22. The van der Waals surface area contributed by atoms with Gasteiger partial charge in [0.05, 0.1) is 19.7 Å². The highest BCUT2D eigenvalue weighted by Crippen LogP contribution is 2.17. The average Bonchev–Trinajstić information content (AvgIpc) is 2.67. The molecule has 4 N–H and O–H groups in total. The normalized spacial score (nSPS) is 11.6. The molecule has 11 heteroatoms. The van der Waals surface area contributed by atoms with Crippen molar-refractivity contribution in [1.82, 2.24) is 19.8 Å². The molecule has 1 rings (SSSR count). The molecule has 0 atom stereocenters. The summed E-state index contributed by atoms with van der Waals surface area (Å²) in [6.45, 7) is 10.4. The van der Waals surface area contributed by atoms with Crippen LogP contribution in [-0.4, -0.2) is 71.7 Å². The Morgan fingerprint density at radius 2 is 1.84 bits per heavy atom. The lowest BCUT2D eigenvalue weighted by Gasteiger charge is -2.28. The highest BCUT2D eigenvalue weighted by Gasteiger charge is 2.26. The molecule has 0 radical (unpaired) electrons. The number of ether oxygens (including phenoxy) is 1. The molecule has 0 unspecified atom stereocenters. The van der Waals surface area contributed by atoms with Crippen molar-refractivity contribution in [2.45, 2.75) is 59.5 Å². The number of nitrogens with two attached hydrogens (primary N) is 1. The Morgan fingerprint density at radius 1 is 1.19 bits per heavy atom. The maximum Gasteiger partial charge on any atom is 0.330 e. The number of nitrogens with zero attached hydrogens (tertiary/aromatic N) is 3. The van der Waals surface area contributed by atoms with E-state index in [0.29, 0.717) is 19.5 Å². The fraction of sp³-hybridized carbons (Fsp3) is 0.714. The molecule has 0 fully saturated rings. The number of hydrogen-bond donors (Lipinski definition) is 3. The molecular formula is C21H38N6O5. The van der Waals surface area contributed by atoms with Crippen molar-refractivity contribution in [2.75, 3.05) is 50.5 Å². The summed E-state index contributed by atoms with van der Waals surface area (Å²) in [7, 11) is 1.48. The standard InChI is InChI=1S/C21H38N6O5/c1-7-9-10-27-18(22)17(19(30)23-20(27)31)26(11-12-32-6)16(29)14-25(8-2)13-15(28)24-21(3,4)5/h7-14,22H2,1-6H3,(H,24,28)(H,23,30,31). The van der Waals surface area contributed by atoms with Gasteiger partial charge < -0.3 is 20.7 Å². The Bertz CT molecular complexity index is 886. The molecular weight excluding hydrogens is 416 g/mol. The number of amides is 2. The highest BCUT2D eigenvalue weighted by atomic mass is 16.5. The molecule has 32 heavy (non-hydrogen) atoms. The largest absolute Gasteiger partial charge is 0.383 e. The molecule has 182 valence electrons. The molecule has 0 bridgehead atoms. The van der Waals surface area contributed by atoms with E-state index >= 15 is 0 Å².